The Balaban J connectivity index is 1.66. The highest BCUT2D eigenvalue weighted by Gasteiger charge is 2.31. The van der Waals surface area contributed by atoms with Crippen molar-refractivity contribution in [3.63, 3.8) is 0 Å². The van der Waals surface area contributed by atoms with E-state index in [9.17, 15) is 4.39 Å². The first-order chi connectivity index (χ1) is 16.5. The van der Waals surface area contributed by atoms with Crippen LogP contribution in [0.15, 0.2) is 60.7 Å². The lowest BCUT2D eigenvalue weighted by Gasteiger charge is -2.39. The number of nitrogens with zero attached hydrogens (tertiary/aromatic N) is 1. The Hall–Kier alpha value is -3.52. The molecule has 0 fully saturated rings. The molecule has 0 aliphatic carbocycles. The molecule has 178 valence electrons. The first kappa shape index (κ1) is 23.6. The molecule has 0 amide bonds. The van der Waals surface area contributed by atoms with Gasteiger partial charge in [-0.2, -0.15) is 0 Å². The van der Waals surface area contributed by atoms with Crippen molar-refractivity contribution in [3.8, 4) is 23.0 Å². The van der Waals surface area contributed by atoms with Gasteiger partial charge in [-0.3, -0.25) is 0 Å². The number of fused-ring (bicyclic) bond motifs is 1. The van der Waals surface area contributed by atoms with Gasteiger partial charge in [0.1, 0.15) is 12.4 Å². The summed E-state index contributed by atoms with van der Waals surface area (Å²) in [5.74, 6) is 2.28. The van der Waals surface area contributed by atoms with Gasteiger partial charge in [-0.1, -0.05) is 18.2 Å². The summed E-state index contributed by atoms with van der Waals surface area (Å²) in [7, 11) is 4.85. The molecule has 0 saturated carbocycles. The minimum Gasteiger partial charge on any atom is -0.493 e. The molecule has 1 atom stereocenters. The molecule has 0 aromatic heterocycles. The second-order valence-corrected chi connectivity index (χ2v) is 8.15. The van der Waals surface area contributed by atoms with Gasteiger partial charge in [0.15, 0.2) is 28.1 Å². The average molecular weight is 483 g/mol. The Morgan fingerprint density at radius 3 is 2.35 bits per heavy atom. The van der Waals surface area contributed by atoms with Gasteiger partial charge >= 0.3 is 0 Å². The number of nitrogens with one attached hydrogen (secondary N) is 1. The number of ether oxygens (including phenoxy) is 4. The standard InChI is InChI=1S/C26H27FN2O4S/c1-30-22-9-4-5-10-23(22)33-16-21-20-15-25(32-3)24(31-2)13-17(20)11-12-29(21)26(34)28-19-8-6-7-18(27)14-19/h4-10,13-15,21H,11-12,16H2,1-3H3,(H,28,34)/t21-/m1/s1. The molecule has 6 nitrogen and oxygen atoms in total. The van der Waals surface area contributed by atoms with E-state index in [1.54, 1.807) is 33.5 Å². The first-order valence-corrected chi connectivity index (χ1v) is 11.3. The van der Waals surface area contributed by atoms with E-state index in [1.165, 1.54) is 12.1 Å². The molecular weight excluding hydrogens is 455 g/mol. The van der Waals surface area contributed by atoms with Crippen molar-refractivity contribution in [2.75, 3.05) is 39.8 Å². The van der Waals surface area contributed by atoms with Crippen LogP contribution in [-0.4, -0.2) is 44.5 Å². The third-order valence-corrected chi connectivity index (χ3v) is 6.14. The Labute approximate surface area is 204 Å². The molecular formula is C26H27FN2O4S. The lowest BCUT2D eigenvalue weighted by molar-refractivity contribution is 0.185. The predicted octanol–water partition coefficient (Wildman–Crippen LogP) is 5.23. The van der Waals surface area contributed by atoms with Gasteiger partial charge in [-0.25, -0.2) is 4.39 Å². The van der Waals surface area contributed by atoms with Crippen LogP contribution in [0.25, 0.3) is 0 Å². The molecule has 1 aliphatic heterocycles. The van der Waals surface area contributed by atoms with Crippen LogP contribution in [-0.2, 0) is 6.42 Å². The Bertz CT molecular complexity index is 1170. The van der Waals surface area contributed by atoms with Crippen LogP contribution in [0, 0.1) is 5.82 Å². The van der Waals surface area contributed by atoms with Crippen LogP contribution in [0.4, 0.5) is 10.1 Å². The molecule has 1 heterocycles. The zero-order chi connectivity index (χ0) is 24.1. The minimum absolute atomic E-state index is 0.220. The van der Waals surface area contributed by atoms with E-state index in [1.807, 2.05) is 36.4 Å². The van der Waals surface area contributed by atoms with E-state index < -0.39 is 0 Å². The third kappa shape index (κ3) is 5.02. The molecule has 0 radical (unpaired) electrons. The van der Waals surface area contributed by atoms with Crippen molar-refractivity contribution < 1.29 is 23.3 Å². The summed E-state index contributed by atoms with van der Waals surface area (Å²) >= 11 is 5.75. The number of benzene rings is 3. The largest absolute Gasteiger partial charge is 0.493 e. The maximum Gasteiger partial charge on any atom is 0.174 e. The van der Waals surface area contributed by atoms with Crippen molar-refractivity contribution in [2.24, 2.45) is 0 Å². The number of rotatable bonds is 7. The number of hydrogen-bond acceptors (Lipinski definition) is 5. The summed E-state index contributed by atoms with van der Waals surface area (Å²) in [5, 5.41) is 3.65. The summed E-state index contributed by atoms with van der Waals surface area (Å²) in [6.07, 6.45) is 0.756. The SMILES string of the molecule is COc1cc2c(cc1OC)[C@@H](COc1ccccc1OC)N(C(=S)Nc1cccc(F)c1)CC2. The van der Waals surface area contributed by atoms with Crippen LogP contribution in [0.1, 0.15) is 17.2 Å². The fourth-order valence-corrected chi connectivity index (χ4v) is 4.46. The van der Waals surface area contributed by atoms with Crippen molar-refractivity contribution in [1.29, 1.82) is 0 Å². The molecule has 3 aromatic rings. The van der Waals surface area contributed by atoms with Crippen LogP contribution < -0.4 is 24.3 Å². The lowest BCUT2D eigenvalue weighted by Crippen LogP contribution is -2.44. The Morgan fingerprint density at radius 2 is 1.65 bits per heavy atom. The molecule has 1 N–H and O–H groups in total. The van der Waals surface area contributed by atoms with E-state index in [0.717, 1.165) is 17.5 Å². The minimum atomic E-state index is -0.329. The molecule has 4 rings (SSSR count). The van der Waals surface area contributed by atoms with Crippen molar-refractivity contribution >= 4 is 23.0 Å². The van der Waals surface area contributed by atoms with Gasteiger partial charge < -0.3 is 29.2 Å². The molecule has 34 heavy (non-hydrogen) atoms. The van der Waals surface area contributed by atoms with E-state index in [-0.39, 0.29) is 11.9 Å². The lowest BCUT2D eigenvalue weighted by atomic mass is 9.92. The predicted molar refractivity (Wildman–Crippen MR) is 134 cm³/mol. The van der Waals surface area contributed by atoms with Crippen molar-refractivity contribution in [2.45, 2.75) is 12.5 Å². The number of para-hydroxylation sites is 2. The summed E-state index contributed by atoms with van der Waals surface area (Å²) in [4.78, 5) is 2.06. The molecule has 8 heteroatoms. The topological polar surface area (TPSA) is 52.2 Å². The number of methoxy groups -OCH3 is 3. The van der Waals surface area contributed by atoms with Gasteiger partial charge in [0.2, 0.25) is 0 Å². The molecule has 1 aliphatic rings. The fourth-order valence-electron chi connectivity index (χ4n) is 4.12. The second-order valence-electron chi connectivity index (χ2n) is 7.77. The first-order valence-electron chi connectivity index (χ1n) is 10.9. The second kappa shape index (κ2) is 10.6. The highest BCUT2D eigenvalue weighted by Crippen LogP contribution is 2.39. The summed E-state index contributed by atoms with van der Waals surface area (Å²) < 4.78 is 36.4. The van der Waals surface area contributed by atoms with Gasteiger partial charge in [0.25, 0.3) is 0 Å². The van der Waals surface area contributed by atoms with Gasteiger partial charge in [-0.15, -0.1) is 0 Å². The quantitative estimate of drug-likeness (QED) is 0.463. The normalized spacial score (nSPS) is 14.7. The zero-order valence-corrected chi connectivity index (χ0v) is 20.2. The Morgan fingerprint density at radius 1 is 0.941 bits per heavy atom. The molecule has 0 bridgehead atoms. The maximum absolute atomic E-state index is 13.7. The summed E-state index contributed by atoms with van der Waals surface area (Å²) in [5.41, 5.74) is 2.76. The fraction of sp³-hybridized carbons (Fsp3) is 0.269. The van der Waals surface area contributed by atoms with Gasteiger partial charge in [0.05, 0.1) is 27.4 Å². The summed E-state index contributed by atoms with van der Waals surface area (Å²) in [6.45, 7) is 0.970. The molecule has 0 unspecified atom stereocenters. The number of anilines is 1. The third-order valence-electron chi connectivity index (χ3n) is 5.81. The molecule has 3 aromatic carbocycles. The number of halogens is 1. The van der Waals surface area contributed by atoms with Gasteiger partial charge in [0, 0.05) is 12.2 Å². The van der Waals surface area contributed by atoms with Crippen LogP contribution in [0.2, 0.25) is 0 Å². The van der Waals surface area contributed by atoms with E-state index in [2.05, 4.69) is 10.2 Å². The highest BCUT2D eigenvalue weighted by atomic mass is 32.1. The van der Waals surface area contributed by atoms with E-state index in [4.69, 9.17) is 31.2 Å². The van der Waals surface area contributed by atoms with Crippen LogP contribution >= 0.6 is 12.2 Å². The Kier molecular flexibility index (Phi) is 7.37. The number of thiocarbonyl (C=S) groups is 1. The van der Waals surface area contributed by atoms with E-state index >= 15 is 0 Å². The smallest absolute Gasteiger partial charge is 0.174 e. The molecule has 0 saturated heterocycles. The van der Waals surface area contributed by atoms with E-state index in [0.29, 0.717) is 46.9 Å². The molecule has 0 spiro atoms. The van der Waals surface area contributed by atoms with Crippen LogP contribution in [0.3, 0.4) is 0 Å². The van der Waals surface area contributed by atoms with Crippen molar-refractivity contribution in [3.05, 3.63) is 77.6 Å². The average Bonchev–Trinajstić information content (AvgIpc) is 2.86. The van der Waals surface area contributed by atoms with Crippen molar-refractivity contribution in [1.82, 2.24) is 4.90 Å². The highest BCUT2D eigenvalue weighted by molar-refractivity contribution is 7.80. The zero-order valence-electron chi connectivity index (χ0n) is 19.3. The number of hydrogen-bond donors (Lipinski definition) is 1. The monoisotopic (exact) mass is 482 g/mol. The summed E-state index contributed by atoms with van der Waals surface area (Å²) in [6, 6.07) is 17.5. The van der Waals surface area contributed by atoms with Gasteiger partial charge in [-0.05, 0) is 72.2 Å². The van der Waals surface area contributed by atoms with Crippen LogP contribution in [0.5, 0.6) is 23.0 Å². The maximum atomic E-state index is 13.7.